The van der Waals surface area contributed by atoms with Crippen LogP contribution in [-0.2, 0) is 6.18 Å². The number of nitrogens with one attached hydrogen (secondary N) is 1. The van der Waals surface area contributed by atoms with E-state index in [1.807, 2.05) is 24.3 Å². The summed E-state index contributed by atoms with van der Waals surface area (Å²) in [5, 5.41) is 2.98. The molecule has 0 bridgehead atoms. The Hall–Kier alpha value is -3.09. The molecule has 1 heterocycles. The zero-order chi connectivity index (χ0) is 20.3. The zero-order valence-corrected chi connectivity index (χ0v) is 15.8. The standard InChI is InChI=1S/C21H21F3N4/c1-14(2)15-9-11-16(12-10-15)26-20-25-13-18(21(22,23)24)19(27-20)28(3)17-7-5-4-6-8-17/h4-14H,1-3H3,(H,25,26,27). The van der Waals surface area contributed by atoms with Gasteiger partial charge in [0.05, 0.1) is 0 Å². The molecule has 0 atom stereocenters. The highest BCUT2D eigenvalue weighted by Gasteiger charge is 2.36. The summed E-state index contributed by atoms with van der Waals surface area (Å²) < 4.78 is 40.4. The van der Waals surface area contributed by atoms with Crippen LogP contribution in [0.1, 0.15) is 30.9 Å². The first-order valence-electron chi connectivity index (χ1n) is 8.85. The van der Waals surface area contributed by atoms with E-state index >= 15 is 0 Å². The minimum atomic E-state index is -4.56. The molecule has 4 nitrogen and oxygen atoms in total. The number of hydrogen-bond acceptors (Lipinski definition) is 4. The number of aromatic nitrogens is 2. The van der Waals surface area contributed by atoms with Crippen molar-refractivity contribution in [2.75, 3.05) is 17.3 Å². The molecule has 0 fully saturated rings. The van der Waals surface area contributed by atoms with E-state index in [4.69, 9.17) is 0 Å². The summed E-state index contributed by atoms with van der Waals surface area (Å²) in [5.41, 5.74) is 1.58. The van der Waals surface area contributed by atoms with Crippen molar-refractivity contribution in [3.8, 4) is 0 Å². The van der Waals surface area contributed by atoms with Crippen LogP contribution in [0.5, 0.6) is 0 Å². The first kappa shape index (κ1) is 19.7. The second kappa shape index (κ2) is 7.88. The van der Waals surface area contributed by atoms with E-state index in [0.29, 0.717) is 17.3 Å². The largest absolute Gasteiger partial charge is 0.421 e. The molecule has 3 aromatic rings. The third-order valence-corrected chi connectivity index (χ3v) is 4.37. The van der Waals surface area contributed by atoms with Crippen LogP contribution < -0.4 is 10.2 Å². The van der Waals surface area contributed by atoms with Gasteiger partial charge in [-0.2, -0.15) is 18.2 Å². The zero-order valence-electron chi connectivity index (χ0n) is 15.8. The average molecular weight is 386 g/mol. The maximum Gasteiger partial charge on any atom is 0.421 e. The van der Waals surface area contributed by atoms with Crippen LogP contribution in [0.3, 0.4) is 0 Å². The molecular weight excluding hydrogens is 365 g/mol. The second-order valence-corrected chi connectivity index (χ2v) is 6.72. The van der Waals surface area contributed by atoms with Crippen molar-refractivity contribution in [2.45, 2.75) is 25.9 Å². The fraction of sp³-hybridized carbons (Fsp3) is 0.238. The fourth-order valence-corrected chi connectivity index (χ4v) is 2.74. The number of hydrogen-bond donors (Lipinski definition) is 1. The topological polar surface area (TPSA) is 41.1 Å². The maximum absolute atomic E-state index is 13.5. The number of nitrogens with zero attached hydrogens (tertiary/aromatic N) is 3. The molecule has 0 aliphatic heterocycles. The molecule has 0 aliphatic rings. The van der Waals surface area contributed by atoms with Crippen molar-refractivity contribution in [3.05, 3.63) is 71.9 Å². The van der Waals surface area contributed by atoms with Crippen LogP contribution in [-0.4, -0.2) is 17.0 Å². The highest BCUT2D eigenvalue weighted by atomic mass is 19.4. The van der Waals surface area contributed by atoms with E-state index in [9.17, 15) is 13.2 Å². The van der Waals surface area contributed by atoms with E-state index in [0.717, 1.165) is 6.20 Å². The third kappa shape index (κ3) is 4.42. The van der Waals surface area contributed by atoms with Gasteiger partial charge in [-0.25, -0.2) is 4.98 Å². The van der Waals surface area contributed by atoms with E-state index in [1.54, 1.807) is 37.4 Å². The lowest BCUT2D eigenvalue weighted by molar-refractivity contribution is -0.137. The normalized spacial score (nSPS) is 11.5. The van der Waals surface area contributed by atoms with Crippen LogP contribution in [0.25, 0.3) is 0 Å². The molecule has 0 aliphatic carbocycles. The van der Waals surface area contributed by atoms with Gasteiger partial charge in [-0.1, -0.05) is 44.2 Å². The van der Waals surface area contributed by atoms with Crippen molar-refractivity contribution in [3.63, 3.8) is 0 Å². The van der Waals surface area contributed by atoms with Crippen LogP contribution >= 0.6 is 0 Å². The molecule has 1 N–H and O–H groups in total. The van der Waals surface area contributed by atoms with Crippen molar-refractivity contribution in [2.24, 2.45) is 0 Å². The molecule has 28 heavy (non-hydrogen) atoms. The second-order valence-electron chi connectivity index (χ2n) is 6.72. The molecule has 1 aromatic heterocycles. The van der Waals surface area contributed by atoms with Crippen LogP contribution in [0, 0.1) is 0 Å². The maximum atomic E-state index is 13.5. The summed E-state index contributed by atoms with van der Waals surface area (Å²) in [6.07, 6.45) is -3.75. The number of benzene rings is 2. The molecule has 146 valence electrons. The predicted molar refractivity (Wildman–Crippen MR) is 105 cm³/mol. The van der Waals surface area contributed by atoms with Gasteiger partial charge in [0.25, 0.3) is 0 Å². The quantitative estimate of drug-likeness (QED) is 0.573. The van der Waals surface area contributed by atoms with E-state index < -0.39 is 11.7 Å². The van der Waals surface area contributed by atoms with Crippen LogP contribution in [0.4, 0.5) is 36.3 Å². The Balaban J connectivity index is 1.95. The molecule has 2 aromatic carbocycles. The van der Waals surface area contributed by atoms with Crippen molar-refractivity contribution >= 4 is 23.1 Å². The smallest absolute Gasteiger partial charge is 0.329 e. The first-order chi connectivity index (χ1) is 13.3. The minimum absolute atomic E-state index is 0.100. The lowest BCUT2D eigenvalue weighted by Crippen LogP contribution is -2.19. The molecule has 7 heteroatoms. The molecule has 0 saturated carbocycles. The van der Waals surface area contributed by atoms with Gasteiger partial charge in [0.2, 0.25) is 5.95 Å². The fourth-order valence-electron chi connectivity index (χ4n) is 2.74. The molecule has 3 rings (SSSR count). The Kier molecular flexibility index (Phi) is 5.53. The summed E-state index contributed by atoms with van der Waals surface area (Å²) >= 11 is 0. The lowest BCUT2D eigenvalue weighted by atomic mass is 10.0. The molecule has 0 radical (unpaired) electrons. The van der Waals surface area contributed by atoms with Crippen molar-refractivity contribution < 1.29 is 13.2 Å². The summed E-state index contributed by atoms with van der Waals surface area (Å²) in [7, 11) is 1.55. The summed E-state index contributed by atoms with van der Waals surface area (Å²) in [6, 6.07) is 16.4. The Morgan fingerprint density at radius 1 is 0.964 bits per heavy atom. The van der Waals surface area contributed by atoms with Crippen LogP contribution in [0.2, 0.25) is 0 Å². The van der Waals surface area contributed by atoms with Gasteiger partial charge in [-0.05, 0) is 35.7 Å². The number of rotatable bonds is 5. The third-order valence-electron chi connectivity index (χ3n) is 4.37. The van der Waals surface area contributed by atoms with Gasteiger partial charge >= 0.3 is 6.18 Å². The average Bonchev–Trinajstić information content (AvgIpc) is 2.67. The van der Waals surface area contributed by atoms with E-state index in [1.165, 1.54) is 10.5 Å². The minimum Gasteiger partial charge on any atom is -0.329 e. The SMILES string of the molecule is CC(C)c1ccc(Nc2ncc(C(F)(F)F)c(N(C)c3ccccc3)n2)cc1. The first-order valence-corrected chi connectivity index (χ1v) is 8.85. The summed E-state index contributed by atoms with van der Waals surface area (Å²) in [6.45, 7) is 4.18. The van der Waals surface area contributed by atoms with Gasteiger partial charge in [0.1, 0.15) is 5.56 Å². The van der Waals surface area contributed by atoms with Gasteiger partial charge in [-0.15, -0.1) is 0 Å². The Bertz CT molecular complexity index is 923. The molecule has 0 spiro atoms. The highest BCUT2D eigenvalue weighted by Crippen LogP contribution is 2.37. The Morgan fingerprint density at radius 2 is 1.61 bits per heavy atom. The van der Waals surface area contributed by atoms with Gasteiger partial charge in [0.15, 0.2) is 5.82 Å². The van der Waals surface area contributed by atoms with Crippen molar-refractivity contribution in [1.29, 1.82) is 0 Å². The van der Waals surface area contributed by atoms with Crippen LogP contribution in [0.15, 0.2) is 60.8 Å². The van der Waals surface area contributed by atoms with E-state index in [2.05, 4.69) is 29.1 Å². The molecular formula is C21H21F3N4. The number of halogens is 3. The summed E-state index contributed by atoms with van der Waals surface area (Å²) in [4.78, 5) is 9.42. The Labute approximate surface area is 162 Å². The summed E-state index contributed by atoms with van der Waals surface area (Å²) in [5.74, 6) is 0.278. The monoisotopic (exact) mass is 386 g/mol. The highest BCUT2D eigenvalue weighted by molar-refractivity contribution is 5.65. The number of para-hydroxylation sites is 1. The van der Waals surface area contributed by atoms with Gasteiger partial charge < -0.3 is 10.2 Å². The van der Waals surface area contributed by atoms with Crippen molar-refractivity contribution in [1.82, 2.24) is 9.97 Å². The molecule has 0 amide bonds. The van der Waals surface area contributed by atoms with E-state index in [-0.39, 0.29) is 11.8 Å². The predicted octanol–water partition coefficient (Wildman–Crippen LogP) is 6.13. The number of anilines is 4. The van der Waals surface area contributed by atoms with Gasteiger partial charge in [0, 0.05) is 24.6 Å². The van der Waals surface area contributed by atoms with Gasteiger partial charge in [-0.3, -0.25) is 0 Å². The molecule has 0 saturated heterocycles. The number of alkyl halides is 3. The molecule has 0 unspecified atom stereocenters. The lowest BCUT2D eigenvalue weighted by Gasteiger charge is -2.22. The Morgan fingerprint density at radius 3 is 2.18 bits per heavy atom.